The maximum Gasteiger partial charge on any atom is 0.0314 e. The lowest BCUT2D eigenvalue weighted by atomic mass is 10.0. The van der Waals surface area contributed by atoms with Crippen LogP contribution in [0.25, 0.3) is 0 Å². The van der Waals surface area contributed by atoms with Gasteiger partial charge in [-0.3, -0.25) is 4.90 Å². The van der Waals surface area contributed by atoms with Crippen molar-refractivity contribution in [1.29, 1.82) is 0 Å². The Balaban J connectivity index is 1.91. The number of hydrogen-bond donors (Lipinski definition) is 1. The molecule has 13 heavy (non-hydrogen) atoms. The first kappa shape index (κ1) is 8.57. The summed E-state index contributed by atoms with van der Waals surface area (Å²) >= 11 is 0. The van der Waals surface area contributed by atoms with Gasteiger partial charge in [-0.25, -0.2) is 0 Å². The Morgan fingerprint density at radius 1 is 1.31 bits per heavy atom. The van der Waals surface area contributed by atoms with Crippen molar-refractivity contribution >= 4 is 5.69 Å². The highest BCUT2D eigenvalue weighted by molar-refractivity contribution is 5.39. The molecule has 0 radical (unpaired) electrons. The maximum absolute atomic E-state index is 5.61. The van der Waals surface area contributed by atoms with Crippen LogP contribution in [0.5, 0.6) is 0 Å². The zero-order valence-corrected chi connectivity index (χ0v) is 8.03. The molecule has 2 heteroatoms. The molecule has 0 atom stereocenters. The van der Waals surface area contributed by atoms with E-state index in [9.17, 15) is 0 Å². The van der Waals surface area contributed by atoms with Gasteiger partial charge in [0.2, 0.25) is 0 Å². The predicted molar refractivity (Wildman–Crippen MR) is 55.3 cm³/mol. The molecule has 2 rings (SSSR count). The Bertz CT molecular complexity index is 273. The number of nitrogens with two attached hydrogens (primary N) is 1. The molecule has 0 aromatic heterocycles. The fraction of sp³-hybridized carbons (Fsp3) is 0.455. The molecule has 1 heterocycles. The van der Waals surface area contributed by atoms with Crippen molar-refractivity contribution in [1.82, 2.24) is 4.90 Å². The second kappa shape index (κ2) is 3.38. The van der Waals surface area contributed by atoms with Gasteiger partial charge in [0.15, 0.2) is 0 Å². The van der Waals surface area contributed by atoms with E-state index in [0.717, 1.165) is 18.2 Å². The second-order valence-electron chi connectivity index (χ2n) is 4.04. The summed E-state index contributed by atoms with van der Waals surface area (Å²) in [7, 11) is 0. The Kier molecular flexibility index (Phi) is 2.23. The molecule has 0 amide bonds. The molecular formula is C11H16N2. The van der Waals surface area contributed by atoms with E-state index in [-0.39, 0.29) is 0 Å². The predicted octanol–water partition coefficient (Wildman–Crippen LogP) is 1.72. The van der Waals surface area contributed by atoms with E-state index in [2.05, 4.69) is 24.0 Å². The van der Waals surface area contributed by atoms with Crippen LogP contribution in [0.4, 0.5) is 5.69 Å². The minimum Gasteiger partial charge on any atom is -0.399 e. The zero-order valence-electron chi connectivity index (χ0n) is 8.03. The number of nitrogen functional groups attached to an aromatic ring is 1. The minimum atomic E-state index is 0.848. The Labute approximate surface area is 79.4 Å². The fourth-order valence-electron chi connectivity index (χ4n) is 1.84. The maximum atomic E-state index is 5.61. The minimum absolute atomic E-state index is 0.848. The quantitative estimate of drug-likeness (QED) is 0.695. The van der Waals surface area contributed by atoms with Gasteiger partial charge in [-0.15, -0.1) is 0 Å². The van der Waals surface area contributed by atoms with Crippen molar-refractivity contribution in [2.45, 2.75) is 13.5 Å². The van der Waals surface area contributed by atoms with E-state index in [4.69, 9.17) is 5.73 Å². The van der Waals surface area contributed by atoms with Crippen LogP contribution in [-0.2, 0) is 6.54 Å². The molecule has 1 aromatic rings. The highest BCUT2D eigenvalue weighted by Gasteiger charge is 2.21. The fourth-order valence-corrected chi connectivity index (χ4v) is 1.84. The van der Waals surface area contributed by atoms with Crippen LogP contribution >= 0.6 is 0 Å². The molecule has 0 saturated carbocycles. The van der Waals surface area contributed by atoms with E-state index in [1.165, 1.54) is 18.7 Å². The van der Waals surface area contributed by atoms with Crippen LogP contribution in [0, 0.1) is 5.92 Å². The van der Waals surface area contributed by atoms with E-state index in [1.54, 1.807) is 0 Å². The number of nitrogens with zero attached hydrogens (tertiary/aromatic N) is 1. The first-order chi connectivity index (χ1) is 6.24. The van der Waals surface area contributed by atoms with Crippen molar-refractivity contribution in [3.63, 3.8) is 0 Å². The normalized spacial score (nSPS) is 18.5. The lowest BCUT2D eigenvalue weighted by molar-refractivity contribution is 0.105. The van der Waals surface area contributed by atoms with Crippen LogP contribution in [0.1, 0.15) is 12.5 Å². The monoisotopic (exact) mass is 176 g/mol. The number of rotatable bonds is 2. The van der Waals surface area contributed by atoms with Gasteiger partial charge < -0.3 is 5.73 Å². The molecule has 0 spiro atoms. The summed E-state index contributed by atoms with van der Waals surface area (Å²) in [4.78, 5) is 2.45. The van der Waals surface area contributed by atoms with Crippen molar-refractivity contribution in [2.75, 3.05) is 18.8 Å². The molecule has 1 fully saturated rings. The molecule has 70 valence electrons. The molecule has 0 bridgehead atoms. The van der Waals surface area contributed by atoms with Gasteiger partial charge in [-0.1, -0.05) is 19.1 Å². The van der Waals surface area contributed by atoms with Crippen LogP contribution in [0.2, 0.25) is 0 Å². The van der Waals surface area contributed by atoms with Crippen molar-refractivity contribution in [3.05, 3.63) is 29.8 Å². The molecule has 1 aliphatic rings. The van der Waals surface area contributed by atoms with Crippen LogP contribution in [0.15, 0.2) is 24.3 Å². The van der Waals surface area contributed by atoms with E-state index in [1.807, 2.05) is 12.1 Å². The molecule has 1 saturated heterocycles. The highest BCUT2D eigenvalue weighted by atomic mass is 15.2. The summed E-state index contributed by atoms with van der Waals surface area (Å²) in [5, 5.41) is 0. The van der Waals surface area contributed by atoms with Crippen LogP contribution in [-0.4, -0.2) is 18.0 Å². The smallest absolute Gasteiger partial charge is 0.0314 e. The highest BCUT2D eigenvalue weighted by Crippen LogP contribution is 2.17. The Morgan fingerprint density at radius 3 is 2.46 bits per heavy atom. The number of hydrogen-bond acceptors (Lipinski definition) is 2. The summed E-state index contributed by atoms with van der Waals surface area (Å²) < 4.78 is 0. The van der Waals surface area contributed by atoms with Gasteiger partial charge in [0.1, 0.15) is 0 Å². The SMILES string of the molecule is CC1CN(Cc2ccc(N)cc2)C1. The number of likely N-dealkylation sites (tertiary alicyclic amines) is 1. The molecule has 2 nitrogen and oxygen atoms in total. The summed E-state index contributed by atoms with van der Waals surface area (Å²) in [5.41, 5.74) is 7.82. The lowest BCUT2D eigenvalue weighted by Crippen LogP contribution is -2.44. The third kappa shape index (κ3) is 2.01. The summed E-state index contributed by atoms with van der Waals surface area (Å²) in [6, 6.07) is 8.16. The Hall–Kier alpha value is -1.02. The Morgan fingerprint density at radius 2 is 1.92 bits per heavy atom. The summed E-state index contributed by atoms with van der Waals surface area (Å²) in [6.45, 7) is 5.85. The van der Waals surface area contributed by atoms with Crippen LogP contribution < -0.4 is 5.73 Å². The van der Waals surface area contributed by atoms with E-state index >= 15 is 0 Å². The first-order valence-corrected chi connectivity index (χ1v) is 4.81. The largest absolute Gasteiger partial charge is 0.399 e. The van der Waals surface area contributed by atoms with Crippen molar-refractivity contribution in [2.24, 2.45) is 5.92 Å². The average molecular weight is 176 g/mol. The molecule has 0 unspecified atom stereocenters. The third-order valence-electron chi connectivity index (χ3n) is 2.53. The second-order valence-corrected chi connectivity index (χ2v) is 4.04. The topological polar surface area (TPSA) is 29.3 Å². The van der Waals surface area contributed by atoms with Gasteiger partial charge in [0.25, 0.3) is 0 Å². The lowest BCUT2D eigenvalue weighted by Gasteiger charge is -2.37. The van der Waals surface area contributed by atoms with Gasteiger partial charge in [0, 0.05) is 25.3 Å². The molecular weight excluding hydrogens is 160 g/mol. The van der Waals surface area contributed by atoms with E-state index in [0.29, 0.717) is 0 Å². The van der Waals surface area contributed by atoms with Gasteiger partial charge >= 0.3 is 0 Å². The number of anilines is 1. The molecule has 1 aliphatic heterocycles. The van der Waals surface area contributed by atoms with Crippen LogP contribution in [0.3, 0.4) is 0 Å². The molecule has 2 N–H and O–H groups in total. The number of benzene rings is 1. The standard InChI is InChI=1S/C11H16N2/c1-9-6-13(7-9)8-10-2-4-11(12)5-3-10/h2-5,9H,6-8,12H2,1H3. The third-order valence-corrected chi connectivity index (χ3v) is 2.53. The van der Waals surface area contributed by atoms with Crippen molar-refractivity contribution < 1.29 is 0 Å². The van der Waals surface area contributed by atoms with Gasteiger partial charge in [-0.05, 0) is 23.6 Å². The van der Waals surface area contributed by atoms with Gasteiger partial charge in [0.05, 0.1) is 0 Å². The first-order valence-electron chi connectivity index (χ1n) is 4.81. The van der Waals surface area contributed by atoms with Gasteiger partial charge in [-0.2, -0.15) is 0 Å². The molecule has 0 aliphatic carbocycles. The van der Waals surface area contributed by atoms with Crippen molar-refractivity contribution in [3.8, 4) is 0 Å². The summed E-state index contributed by atoms with van der Waals surface area (Å²) in [5.74, 6) is 0.883. The molecule has 1 aromatic carbocycles. The van der Waals surface area contributed by atoms with E-state index < -0.39 is 0 Å². The zero-order chi connectivity index (χ0) is 9.26. The summed E-state index contributed by atoms with van der Waals surface area (Å²) in [6.07, 6.45) is 0. The average Bonchev–Trinajstić information content (AvgIpc) is 2.06.